The molecular weight excluding hydrogens is 232 g/mol. The summed E-state index contributed by atoms with van der Waals surface area (Å²) in [5, 5.41) is 5.16. The van der Waals surface area contributed by atoms with Gasteiger partial charge in [-0.25, -0.2) is 4.79 Å². The number of carbonyl (C=O) groups is 2. The molecule has 1 atom stereocenters. The minimum atomic E-state index is -0.646. The zero-order valence-corrected chi connectivity index (χ0v) is 10.8. The molecule has 0 heterocycles. The zero-order valence-electron chi connectivity index (χ0n) is 10.8. The Morgan fingerprint density at radius 3 is 2.22 bits per heavy atom. The second-order valence-electron chi connectivity index (χ2n) is 4.23. The Morgan fingerprint density at radius 2 is 1.67 bits per heavy atom. The average molecular weight is 250 g/mol. The number of benzene rings is 1. The molecule has 0 aliphatic heterocycles. The molecule has 18 heavy (non-hydrogen) atoms. The van der Waals surface area contributed by atoms with Gasteiger partial charge in [0.25, 0.3) is 0 Å². The molecule has 0 aromatic heterocycles. The smallest absolute Gasteiger partial charge is 0.410 e. The molecule has 1 rings (SSSR count). The van der Waals surface area contributed by atoms with E-state index in [-0.39, 0.29) is 11.9 Å². The molecule has 0 bridgehead atoms. The Labute approximate surface area is 107 Å². The van der Waals surface area contributed by atoms with Crippen molar-refractivity contribution >= 4 is 12.0 Å². The maximum atomic E-state index is 11.6. The maximum Gasteiger partial charge on any atom is 0.413 e. The van der Waals surface area contributed by atoms with Gasteiger partial charge in [0.1, 0.15) is 11.8 Å². The Hall–Kier alpha value is -2.04. The van der Waals surface area contributed by atoms with Crippen LogP contribution in [0, 0.1) is 0 Å². The molecular formula is C13H18N2O3. The van der Waals surface area contributed by atoms with Crippen LogP contribution in [0.15, 0.2) is 30.3 Å². The summed E-state index contributed by atoms with van der Waals surface area (Å²) < 4.78 is 5.01. The maximum absolute atomic E-state index is 11.6. The first-order valence-electron chi connectivity index (χ1n) is 5.83. The van der Waals surface area contributed by atoms with Crippen molar-refractivity contribution < 1.29 is 14.3 Å². The lowest BCUT2D eigenvalue weighted by Crippen LogP contribution is -2.47. The summed E-state index contributed by atoms with van der Waals surface area (Å²) in [7, 11) is 0. The van der Waals surface area contributed by atoms with Crippen LogP contribution in [-0.2, 0) is 4.79 Å². The van der Waals surface area contributed by atoms with E-state index in [2.05, 4.69) is 10.6 Å². The van der Waals surface area contributed by atoms with Crippen molar-refractivity contribution in [3.8, 4) is 5.75 Å². The van der Waals surface area contributed by atoms with E-state index >= 15 is 0 Å². The lowest BCUT2D eigenvalue weighted by molar-refractivity contribution is -0.123. The van der Waals surface area contributed by atoms with Crippen molar-refractivity contribution in [3.05, 3.63) is 30.3 Å². The number of hydrogen-bond acceptors (Lipinski definition) is 3. The Bertz CT molecular complexity index is 404. The van der Waals surface area contributed by atoms with E-state index in [9.17, 15) is 9.59 Å². The van der Waals surface area contributed by atoms with Gasteiger partial charge in [0, 0.05) is 6.04 Å². The third kappa shape index (κ3) is 4.86. The van der Waals surface area contributed by atoms with Crippen LogP contribution in [0.25, 0.3) is 0 Å². The van der Waals surface area contributed by atoms with E-state index in [0.717, 1.165) is 0 Å². The van der Waals surface area contributed by atoms with Crippen molar-refractivity contribution in [2.75, 3.05) is 0 Å². The van der Waals surface area contributed by atoms with Gasteiger partial charge < -0.3 is 15.4 Å². The van der Waals surface area contributed by atoms with E-state index in [0.29, 0.717) is 5.75 Å². The number of amides is 2. The van der Waals surface area contributed by atoms with Crippen molar-refractivity contribution in [2.24, 2.45) is 0 Å². The summed E-state index contributed by atoms with van der Waals surface area (Å²) in [6.45, 7) is 5.31. The van der Waals surface area contributed by atoms with Crippen LogP contribution in [0.4, 0.5) is 4.79 Å². The fourth-order valence-electron chi connectivity index (χ4n) is 1.28. The summed E-state index contributed by atoms with van der Waals surface area (Å²) in [5.74, 6) is 0.196. The Kier molecular flexibility index (Phi) is 5.17. The Morgan fingerprint density at radius 1 is 1.06 bits per heavy atom. The van der Waals surface area contributed by atoms with Gasteiger partial charge in [-0.15, -0.1) is 0 Å². The summed E-state index contributed by atoms with van der Waals surface area (Å²) >= 11 is 0. The fraction of sp³-hybridized carbons (Fsp3) is 0.385. The SMILES string of the molecule is CC(C)NC(=O)C(C)NC(=O)Oc1ccccc1. The van der Waals surface area contributed by atoms with Gasteiger partial charge >= 0.3 is 6.09 Å². The van der Waals surface area contributed by atoms with Gasteiger partial charge in [0.05, 0.1) is 0 Å². The van der Waals surface area contributed by atoms with Gasteiger partial charge in [0.2, 0.25) is 5.91 Å². The average Bonchev–Trinajstić information content (AvgIpc) is 2.29. The standard InChI is InChI=1S/C13H18N2O3/c1-9(2)14-12(16)10(3)15-13(17)18-11-7-5-4-6-8-11/h4-10H,1-3H3,(H,14,16)(H,15,17). The van der Waals surface area contributed by atoms with E-state index in [4.69, 9.17) is 4.74 Å². The number of rotatable bonds is 4. The van der Waals surface area contributed by atoms with Crippen molar-refractivity contribution in [3.63, 3.8) is 0 Å². The quantitative estimate of drug-likeness (QED) is 0.854. The second-order valence-corrected chi connectivity index (χ2v) is 4.23. The van der Waals surface area contributed by atoms with Crippen molar-refractivity contribution in [1.29, 1.82) is 0 Å². The molecule has 0 fully saturated rings. The number of hydrogen-bond donors (Lipinski definition) is 2. The first-order valence-corrected chi connectivity index (χ1v) is 5.83. The first kappa shape index (κ1) is 14.0. The van der Waals surface area contributed by atoms with E-state index in [1.165, 1.54) is 0 Å². The molecule has 0 aliphatic carbocycles. The minimum Gasteiger partial charge on any atom is -0.410 e. The highest BCUT2D eigenvalue weighted by atomic mass is 16.6. The Balaban J connectivity index is 2.43. The van der Waals surface area contributed by atoms with Crippen LogP contribution in [0.3, 0.4) is 0 Å². The summed E-state index contributed by atoms with van der Waals surface area (Å²) in [5.41, 5.74) is 0. The number of nitrogens with one attached hydrogen (secondary N) is 2. The van der Waals surface area contributed by atoms with Crippen molar-refractivity contribution in [2.45, 2.75) is 32.9 Å². The fourth-order valence-corrected chi connectivity index (χ4v) is 1.28. The van der Waals surface area contributed by atoms with Crippen LogP contribution in [-0.4, -0.2) is 24.1 Å². The largest absolute Gasteiger partial charge is 0.413 e. The molecule has 0 saturated carbocycles. The van der Waals surface area contributed by atoms with Gasteiger partial charge in [-0.1, -0.05) is 18.2 Å². The van der Waals surface area contributed by atoms with Crippen molar-refractivity contribution in [1.82, 2.24) is 10.6 Å². The van der Waals surface area contributed by atoms with Gasteiger partial charge in [0.15, 0.2) is 0 Å². The molecule has 2 N–H and O–H groups in total. The monoisotopic (exact) mass is 250 g/mol. The molecule has 1 aromatic rings. The third-order valence-electron chi connectivity index (χ3n) is 2.11. The predicted octanol–water partition coefficient (Wildman–Crippen LogP) is 1.69. The van der Waals surface area contributed by atoms with Crippen LogP contribution >= 0.6 is 0 Å². The second kappa shape index (κ2) is 6.64. The van der Waals surface area contributed by atoms with Crippen LogP contribution in [0.1, 0.15) is 20.8 Å². The molecule has 98 valence electrons. The molecule has 2 amide bonds. The zero-order chi connectivity index (χ0) is 13.5. The summed E-state index contributed by atoms with van der Waals surface area (Å²) in [4.78, 5) is 23.1. The number of para-hydroxylation sites is 1. The van der Waals surface area contributed by atoms with E-state index < -0.39 is 12.1 Å². The van der Waals surface area contributed by atoms with E-state index in [1.807, 2.05) is 19.9 Å². The van der Waals surface area contributed by atoms with Crippen LogP contribution < -0.4 is 15.4 Å². The van der Waals surface area contributed by atoms with Crippen LogP contribution in [0.2, 0.25) is 0 Å². The van der Waals surface area contributed by atoms with Crippen LogP contribution in [0.5, 0.6) is 5.75 Å². The van der Waals surface area contributed by atoms with Gasteiger partial charge in [-0.05, 0) is 32.9 Å². The predicted molar refractivity (Wildman–Crippen MR) is 68.3 cm³/mol. The number of carbonyl (C=O) groups excluding carboxylic acids is 2. The molecule has 0 saturated heterocycles. The third-order valence-corrected chi connectivity index (χ3v) is 2.11. The topological polar surface area (TPSA) is 67.4 Å². The van der Waals surface area contributed by atoms with Gasteiger partial charge in [-0.2, -0.15) is 0 Å². The molecule has 5 nitrogen and oxygen atoms in total. The molecule has 0 spiro atoms. The summed E-state index contributed by atoms with van der Waals surface area (Å²) in [6.07, 6.45) is -0.646. The summed E-state index contributed by atoms with van der Waals surface area (Å²) in [6, 6.07) is 8.07. The molecule has 1 unspecified atom stereocenters. The lowest BCUT2D eigenvalue weighted by Gasteiger charge is -2.15. The lowest BCUT2D eigenvalue weighted by atomic mass is 10.3. The normalized spacial score (nSPS) is 11.8. The highest BCUT2D eigenvalue weighted by molar-refractivity contribution is 5.85. The van der Waals surface area contributed by atoms with Gasteiger partial charge in [-0.3, -0.25) is 4.79 Å². The van der Waals surface area contributed by atoms with E-state index in [1.54, 1.807) is 31.2 Å². The first-order chi connectivity index (χ1) is 8.49. The highest BCUT2D eigenvalue weighted by Gasteiger charge is 2.16. The molecule has 5 heteroatoms. The molecule has 0 radical (unpaired) electrons. The molecule has 0 aliphatic rings. The number of ether oxygens (including phenoxy) is 1. The highest BCUT2D eigenvalue weighted by Crippen LogP contribution is 2.08. The molecule has 1 aromatic carbocycles. The minimum absolute atomic E-state index is 0.0342.